The molecule has 20 heavy (non-hydrogen) atoms. The molecule has 2 N–H and O–H groups in total. The number of aromatic nitrogens is 3. The summed E-state index contributed by atoms with van der Waals surface area (Å²) in [7, 11) is 0. The minimum atomic E-state index is -0.953. The molecule has 0 bridgehead atoms. The van der Waals surface area contributed by atoms with E-state index in [2.05, 4.69) is 15.0 Å². The van der Waals surface area contributed by atoms with Crippen LogP contribution in [-0.2, 0) is 0 Å². The molecule has 0 saturated carbocycles. The van der Waals surface area contributed by atoms with E-state index in [9.17, 15) is 4.79 Å². The summed E-state index contributed by atoms with van der Waals surface area (Å²) in [6, 6.07) is 10.4. The van der Waals surface area contributed by atoms with Crippen molar-refractivity contribution in [1.82, 2.24) is 15.0 Å². The van der Waals surface area contributed by atoms with E-state index in [0.29, 0.717) is 5.82 Å². The highest BCUT2D eigenvalue weighted by molar-refractivity contribution is 5.89. The van der Waals surface area contributed by atoms with Crippen LogP contribution in [0.5, 0.6) is 0 Å². The zero-order chi connectivity index (χ0) is 13.9. The first-order chi connectivity index (χ1) is 9.74. The fourth-order valence-corrected chi connectivity index (χ4v) is 1.94. The zero-order valence-corrected chi connectivity index (χ0v) is 10.4. The number of carboxylic acid groups (broad SMARTS) is 1. The highest BCUT2D eigenvalue weighted by atomic mass is 16.4. The molecule has 0 unspecified atom stereocenters. The number of hydrogen-bond acceptors (Lipinski definition) is 3. The Balaban J connectivity index is 1.98. The van der Waals surface area contributed by atoms with Crippen molar-refractivity contribution in [1.29, 1.82) is 0 Å². The van der Waals surface area contributed by atoms with E-state index in [4.69, 9.17) is 5.11 Å². The number of carbonyl (C=O) groups is 1. The van der Waals surface area contributed by atoms with Gasteiger partial charge in [-0.2, -0.15) is 0 Å². The molecule has 0 amide bonds. The van der Waals surface area contributed by atoms with Gasteiger partial charge < -0.3 is 10.1 Å². The van der Waals surface area contributed by atoms with E-state index in [-0.39, 0.29) is 5.56 Å². The summed E-state index contributed by atoms with van der Waals surface area (Å²) in [4.78, 5) is 22.5. The maximum Gasteiger partial charge on any atom is 0.335 e. The van der Waals surface area contributed by atoms with E-state index < -0.39 is 5.97 Å². The lowest BCUT2D eigenvalue weighted by Gasteiger charge is -1.99. The summed E-state index contributed by atoms with van der Waals surface area (Å²) in [6.07, 6.45) is 5.15. The number of rotatable bonds is 3. The minimum Gasteiger partial charge on any atom is -0.478 e. The first kappa shape index (κ1) is 12.1. The van der Waals surface area contributed by atoms with Gasteiger partial charge in [0.15, 0.2) is 0 Å². The molecule has 0 spiro atoms. The molecule has 1 aromatic carbocycles. The number of hydrogen-bond donors (Lipinski definition) is 2. The molecule has 0 fully saturated rings. The van der Waals surface area contributed by atoms with Gasteiger partial charge in [0.2, 0.25) is 0 Å². The second-order valence-corrected chi connectivity index (χ2v) is 4.27. The first-order valence-corrected chi connectivity index (χ1v) is 6.03. The van der Waals surface area contributed by atoms with E-state index in [1.165, 1.54) is 0 Å². The quantitative estimate of drug-likeness (QED) is 0.763. The van der Waals surface area contributed by atoms with Crippen LogP contribution in [0.25, 0.3) is 22.6 Å². The second kappa shape index (κ2) is 4.97. The third-order valence-electron chi connectivity index (χ3n) is 2.93. The maximum absolute atomic E-state index is 11.0. The van der Waals surface area contributed by atoms with Crippen LogP contribution >= 0.6 is 0 Å². The molecule has 0 aliphatic rings. The number of aromatic carboxylic acids is 1. The SMILES string of the molecule is O=C(O)c1cccc(-c2ncc(-c3cccnc3)[nH]2)c1. The standard InChI is InChI=1S/C15H11N3O2/c19-15(20)11-4-1-3-10(7-11)14-17-9-13(18-14)12-5-2-6-16-8-12/h1-9H,(H,17,18)(H,19,20). The number of imidazole rings is 1. The minimum absolute atomic E-state index is 0.238. The van der Waals surface area contributed by atoms with Gasteiger partial charge in [0.1, 0.15) is 5.82 Å². The molecule has 3 aromatic rings. The molecule has 0 aliphatic carbocycles. The summed E-state index contributed by atoms with van der Waals surface area (Å²) >= 11 is 0. The molecule has 5 nitrogen and oxygen atoms in total. The largest absolute Gasteiger partial charge is 0.478 e. The van der Waals surface area contributed by atoms with Crippen molar-refractivity contribution in [2.45, 2.75) is 0 Å². The van der Waals surface area contributed by atoms with Crippen LogP contribution in [0, 0.1) is 0 Å². The topological polar surface area (TPSA) is 78.9 Å². The lowest BCUT2D eigenvalue weighted by Crippen LogP contribution is -1.96. The van der Waals surface area contributed by atoms with Gasteiger partial charge in [0, 0.05) is 23.5 Å². The number of carboxylic acids is 1. The first-order valence-electron chi connectivity index (χ1n) is 6.03. The Morgan fingerprint density at radius 2 is 1.95 bits per heavy atom. The normalized spacial score (nSPS) is 10.4. The maximum atomic E-state index is 11.0. The fraction of sp³-hybridized carbons (Fsp3) is 0. The average Bonchev–Trinajstić information content (AvgIpc) is 2.98. The van der Waals surface area contributed by atoms with Crippen molar-refractivity contribution < 1.29 is 9.90 Å². The third-order valence-corrected chi connectivity index (χ3v) is 2.93. The smallest absolute Gasteiger partial charge is 0.335 e. The molecule has 0 aliphatic heterocycles. The second-order valence-electron chi connectivity index (χ2n) is 4.27. The summed E-state index contributed by atoms with van der Waals surface area (Å²) in [5, 5.41) is 9.00. The highest BCUT2D eigenvalue weighted by Crippen LogP contribution is 2.22. The van der Waals surface area contributed by atoms with E-state index in [1.807, 2.05) is 18.2 Å². The molecule has 0 saturated heterocycles. The highest BCUT2D eigenvalue weighted by Gasteiger charge is 2.08. The van der Waals surface area contributed by atoms with Crippen molar-refractivity contribution in [3.8, 4) is 22.6 Å². The van der Waals surface area contributed by atoms with E-state index >= 15 is 0 Å². The van der Waals surface area contributed by atoms with Gasteiger partial charge in [-0.05, 0) is 24.3 Å². The Hall–Kier alpha value is -2.95. The van der Waals surface area contributed by atoms with Crippen LogP contribution in [0.3, 0.4) is 0 Å². The van der Waals surface area contributed by atoms with Gasteiger partial charge in [0.25, 0.3) is 0 Å². The Labute approximate surface area is 115 Å². The number of nitrogens with zero attached hydrogens (tertiary/aromatic N) is 2. The van der Waals surface area contributed by atoms with Crippen molar-refractivity contribution in [3.63, 3.8) is 0 Å². The molecule has 0 atom stereocenters. The van der Waals surface area contributed by atoms with Gasteiger partial charge in [-0.1, -0.05) is 12.1 Å². The molecular weight excluding hydrogens is 254 g/mol. The fourth-order valence-electron chi connectivity index (χ4n) is 1.94. The summed E-state index contributed by atoms with van der Waals surface area (Å²) in [5.74, 6) is -0.321. The predicted octanol–water partition coefficient (Wildman–Crippen LogP) is 2.84. The van der Waals surface area contributed by atoms with E-state index in [0.717, 1.165) is 16.8 Å². The molecule has 5 heteroatoms. The van der Waals surface area contributed by atoms with Crippen LogP contribution in [0.1, 0.15) is 10.4 Å². The van der Waals surface area contributed by atoms with Crippen LogP contribution in [0.4, 0.5) is 0 Å². The van der Waals surface area contributed by atoms with Crippen molar-refractivity contribution >= 4 is 5.97 Å². The molecule has 0 radical (unpaired) electrons. The monoisotopic (exact) mass is 265 g/mol. The summed E-state index contributed by atoms with van der Waals surface area (Å²) in [6.45, 7) is 0. The van der Waals surface area contributed by atoms with Crippen molar-refractivity contribution in [2.24, 2.45) is 0 Å². The van der Waals surface area contributed by atoms with Gasteiger partial charge >= 0.3 is 5.97 Å². The summed E-state index contributed by atoms with van der Waals surface area (Å²) < 4.78 is 0. The molecular formula is C15H11N3O2. The number of H-pyrrole nitrogens is 1. The van der Waals surface area contributed by atoms with Crippen LogP contribution in [-0.4, -0.2) is 26.0 Å². The average molecular weight is 265 g/mol. The van der Waals surface area contributed by atoms with Crippen molar-refractivity contribution in [3.05, 3.63) is 60.6 Å². The Bertz CT molecular complexity index is 751. The summed E-state index contributed by atoms with van der Waals surface area (Å²) in [5.41, 5.74) is 2.75. The van der Waals surface area contributed by atoms with Gasteiger partial charge in [-0.3, -0.25) is 4.98 Å². The number of nitrogens with one attached hydrogen (secondary N) is 1. The third kappa shape index (κ3) is 2.29. The molecule has 98 valence electrons. The van der Waals surface area contributed by atoms with E-state index in [1.54, 1.807) is 36.8 Å². The lowest BCUT2D eigenvalue weighted by molar-refractivity contribution is 0.0697. The zero-order valence-electron chi connectivity index (χ0n) is 10.4. The Morgan fingerprint density at radius 1 is 1.10 bits per heavy atom. The van der Waals surface area contributed by atoms with Crippen molar-refractivity contribution in [2.75, 3.05) is 0 Å². The van der Waals surface area contributed by atoms with Crippen LogP contribution in [0.15, 0.2) is 55.0 Å². The van der Waals surface area contributed by atoms with Crippen LogP contribution in [0.2, 0.25) is 0 Å². The lowest BCUT2D eigenvalue weighted by atomic mass is 10.1. The molecule has 3 rings (SSSR count). The van der Waals surface area contributed by atoms with Gasteiger partial charge in [-0.15, -0.1) is 0 Å². The van der Waals surface area contributed by atoms with Gasteiger partial charge in [-0.25, -0.2) is 9.78 Å². The van der Waals surface area contributed by atoms with Crippen LogP contribution < -0.4 is 0 Å². The predicted molar refractivity (Wildman–Crippen MR) is 74.2 cm³/mol. The Morgan fingerprint density at radius 3 is 2.70 bits per heavy atom. The molecule has 2 heterocycles. The van der Waals surface area contributed by atoms with Gasteiger partial charge in [0.05, 0.1) is 17.5 Å². The number of benzene rings is 1. The number of pyridine rings is 1. The molecule has 2 aromatic heterocycles. The Kier molecular flexibility index (Phi) is 3.01. The number of aromatic amines is 1.